The van der Waals surface area contributed by atoms with E-state index in [-0.39, 0.29) is 24.0 Å². The van der Waals surface area contributed by atoms with Crippen LogP contribution in [0.4, 0.5) is 0 Å². The molecule has 1 aliphatic carbocycles. The maximum absolute atomic E-state index is 12.6. The van der Waals surface area contributed by atoms with Crippen LogP contribution >= 0.6 is 23.1 Å². The van der Waals surface area contributed by atoms with Crippen molar-refractivity contribution in [1.82, 2.24) is 15.3 Å². The quantitative estimate of drug-likeness (QED) is 0.478. The van der Waals surface area contributed by atoms with Crippen LogP contribution in [0.5, 0.6) is 11.5 Å². The predicted octanol–water partition coefficient (Wildman–Crippen LogP) is 3.00. The molecule has 7 nitrogen and oxygen atoms in total. The number of hydrogen-bond acceptors (Lipinski definition) is 7. The Labute approximate surface area is 174 Å². The molecule has 3 heterocycles. The molecule has 0 atom stereocenters. The lowest BCUT2D eigenvalue weighted by Gasteiger charge is -2.09. The second-order valence-corrected chi connectivity index (χ2v) is 9.06. The number of fused-ring (bicyclic) bond motifs is 4. The monoisotopic (exact) mass is 429 g/mol. The smallest absolute Gasteiger partial charge is 0.260 e. The molecule has 1 amide bonds. The fraction of sp³-hybridized carbons (Fsp3) is 0.350. The number of aromatic nitrogens is 2. The number of thiophene rings is 1. The lowest BCUT2D eigenvalue weighted by atomic mass is 9.97. The SMILES string of the molecule is O=C(CSc1nc2sc3c(c2c(=O)[nH]1)CCCC3)NCc1ccc2c(c1)OCO2. The first kappa shape index (κ1) is 18.5. The molecule has 0 bridgehead atoms. The second kappa shape index (κ2) is 7.72. The Morgan fingerprint density at radius 2 is 2.10 bits per heavy atom. The number of hydrogen-bond donors (Lipinski definition) is 2. The number of thioether (sulfide) groups is 1. The number of benzene rings is 1. The van der Waals surface area contributed by atoms with E-state index in [1.807, 2.05) is 18.2 Å². The first-order valence-corrected chi connectivity index (χ1v) is 11.3. The summed E-state index contributed by atoms with van der Waals surface area (Å²) < 4.78 is 10.6. The zero-order valence-electron chi connectivity index (χ0n) is 15.6. The molecular formula is C20H19N3O4S2. The van der Waals surface area contributed by atoms with Crippen molar-refractivity contribution in [2.45, 2.75) is 37.4 Å². The summed E-state index contributed by atoms with van der Waals surface area (Å²) >= 11 is 2.85. The van der Waals surface area contributed by atoms with Crippen molar-refractivity contribution in [2.24, 2.45) is 0 Å². The Morgan fingerprint density at radius 1 is 1.24 bits per heavy atom. The summed E-state index contributed by atoms with van der Waals surface area (Å²) in [7, 11) is 0. The Hall–Kier alpha value is -2.52. The molecule has 2 aromatic heterocycles. The van der Waals surface area contributed by atoms with E-state index in [2.05, 4.69) is 15.3 Å². The molecule has 1 aliphatic heterocycles. The highest BCUT2D eigenvalue weighted by Gasteiger charge is 2.20. The zero-order chi connectivity index (χ0) is 19.8. The molecule has 5 rings (SSSR count). The number of nitrogens with one attached hydrogen (secondary N) is 2. The van der Waals surface area contributed by atoms with E-state index in [1.165, 1.54) is 28.6 Å². The number of H-pyrrole nitrogens is 1. The number of amides is 1. The van der Waals surface area contributed by atoms with Gasteiger partial charge in [0.1, 0.15) is 4.83 Å². The highest BCUT2D eigenvalue weighted by molar-refractivity contribution is 7.99. The molecule has 0 fully saturated rings. The molecule has 29 heavy (non-hydrogen) atoms. The second-order valence-electron chi connectivity index (χ2n) is 7.02. The van der Waals surface area contributed by atoms with Crippen molar-refractivity contribution in [2.75, 3.05) is 12.5 Å². The van der Waals surface area contributed by atoms with E-state index in [0.29, 0.717) is 17.5 Å². The van der Waals surface area contributed by atoms with Gasteiger partial charge in [0.05, 0.1) is 11.1 Å². The summed E-state index contributed by atoms with van der Waals surface area (Å²) in [6.45, 7) is 0.626. The third kappa shape index (κ3) is 3.72. The zero-order valence-corrected chi connectivity index (χ0v) is 17.2. The van der Waals surface area contributed by atoms with Crippen LogP contribution in [-0.2, 0) is 24.2 Å². The highest BCUT2D eigenvalue weighted by atomic mass is 32.2. The normalized spacial score (nSPS) is 14.8. The number of aromatic amines is 1. The summed E-state index contributed by atoms with van der Waals surface area (Å²) in [5.41, 5.74) is 2.01. The van der Waals surface area contributed by atoms with Crippen LogP contribution in [0, 0.1) is 0 Å². The van der Waals surface area contributed by atoms with Crippen molar-refractivity contribution < 1.29 is 14.3 Å². The molecule has 1 aromatic carbocycles. The number of carbonyl (C=O) groups excluding carboxylic acids is 1. The average molecular weight is 430 g/mol. The Kier molecular flexibility index (Phi) is 4.92. The topological polar surface area (TPSA) is 93.3 Å². The van der Waals surface area contributed by atoms with Gasteiger partial charge in [-0.15, -0.1) is 11.3 Å². The number of rotatable bonds is 5. The van der Waals surface area contributed by atoms with Crippen LogP contribution < -0.4 is 20.3 Å². The molecule has 2 aliphatic rings. The van der Waals surface area contributed by atoms with Gasteiger partial charge in [0.25, 0.3) is 5.56 Å². The summed E-state index contributed by atoms with van der Waals surface area (Å²) in [6.07, 6.45) is 4.27. The molecule has 150 valence electrons. The number of carbonyl (C=O) groups is 1. The largest absolute Gasteiger partial charge is 0.454 e. The summed E-state index contributed by atoms with van der Waals surface area (Å²) in [5.74, 6) is 1.47. The van der Waals surface area contributed by atoms with Crippen molar-refractivity contribution in [1.29, 1.82) is 0 Å². The minimum Gasteiger partial charge on any atom is -0.454 e. The minimum atomic E-state index is -0.124. The third-order valence-electron chi connectivity index (χ3n) is 5.07. The minimum absolute atomic E-state index is 0.0994. The van der Waals surface area contributed by atoms with Crippen molar-refractivity contribution in [3.05, 3.63) is 44.6 Å². The van der Waals surface area contributed by atoms with Gasteiger partial charge in [-0.3, -0.25) is 9.59 Å². The van der Waals surface area contributed by atoms with Crippen LogP contribution in [0.3, 0.4) is 0 Å². The molecule has 0 spiro atoms. The lowest BCUT2D eigenvalue weighted by molar-refractivity contribution is -0.118. The summed E-state index contributed by atoms with van der Waals surface area (Å²) in [4.78, 5) is 34.3. The van der Waals surface area contributed by atoms with Gasteiger partial charge in [0.15, 0.2) is 16.7 Å². The van der Waals surface area contributed by atoms with Gasteiger partial charge in [0, 0.05) is 11.4 Å². The van der Waals surface area contributed by atoms with Crippen molar-refractivity contribution >= 4 is 39.2 Å². The fourth-order valence-electron chi connectivity index (χ4n) is 3.65. The van der Waals surface area contributed by atoms with Gasteiger partial charge in [-0.2, -0.15) is 0 Å². The maximum atomic E-state index is 12.6. The summed E-state index contributed by atoms with van der Waals surface area (Å²) in [5, 5.41) is 4.10. The van der Waals surface area contributed by atoms with Gasteiger partial charge < -0.3 is 19.8 Å². The predicted molar refractivity (Wildman–Crippen MR) is 112 cm³/mol. The first-order chi connectivity index (χ1) is 14.2. The molecule has 3 aromatic rings. The van der Waals surface area contributed by atoms with Crippen LogP contribution in [0.15, 0.2) is 28.2 Å². The molecule has 0 unspecified atom stereocenters. The Balaban J connectivity index is 1.22. The van der Waals surface area contributed by atoms with Gasteiger partial charge in [-0.25, -0.2) is 4.98 Å². The molecule has 0 saturated carbocycles. The van der Waals surface area contributed by atoms with Crippen molar-refractivity contribution in [3.63, 3.8) is 0 Å². The highest BCUT2D eigenvalue weighted by Crippen LogP contribution is 2.34. The lowest BCUT2D eigenvalue weighted by Crippen LogP contribution is -2.24. The van der Waals surface area contributed by atoms with E-state index in [9.17, 15) is 9.59 Å². The fourth-order valence-corrected chi connectivity index (χ4v) is 5.66. The maximum Gasteiger partial charge on any atom is 0.260 e. The first-order valence-electron chi connectivity index (χ1n) is 9.50. The molecular weight excluding hydrogens is 410 g/mol. The van der Waals surface area contributed by atoms with Crippen LogP contribution in [0.25, 0.3) is 10.2 Å². The van der Waals surface area contributed by atoms with Gasteiger partial charge in [0.2, 0.25) is 12.7 Å². The van der Waals surface area contributed by atoms with Crippen molar-refractivity contribution in [3.8, 4) is 11.5 Å². The Morgan fingerprint density at radius 3 is 3.03 bits per heavy atom. The van der Waals surface area contributed by atoms with E-state index >= 15 is 0 Å². The van der Waals surface area contributed by atoms with E-state index in [1.54, 1.807) is 11.3 Å². The van der Waals surface area contributed by atoms with E-state index < -0.39 is 0 Å². The summed E-state index contributed by atoms with van der Waals surface area (Å²) in [6, 6.07) is 5.59. The number of aryl methyl sites for hydroxylation is 2. The van der Waals surface area contributed by atoms with Gasteiger partial charge in [-0.05, 0) is 48.9 Å². The van der Waals surface area contributed by atoms with Crippen LogP contribution in [0.2, 0.25) is 0 Å². The molecule has 9 heteroatoms. The van der Waals surface area contributed by atoms with E-state index in [4.69, 9.17) is 9.47 Å². The van der Waals surface area contributed by atoms with E-state index in [0.717, 1.165) is 40.8 Å². The van der Waals surface area contributed by atoms with Crippen LogP contribution in [-0.4, -0.2) is 28.4 Å². The average Bonchev–Trinajstić information content (AvgIpc) is 3.34. The molecule has 0 radical (unpaired) electrons. The third-order valence-corrected chi connectivity index (χ3v) is 7.13. The van der Waals surface area contributed by atoms with Crippen LogP contribution in [0.1, 0.15) is 28.8 Å². The molecule has 0 saturated heterocycles. The standard InChI is InChI=1S/C20H19N3O4S2/c24-16(21-8-11-5-6-13-14(7-11)27-10-26-13)9-28-20-22-18(25)17-12-3-1-2-4-15(12)29-19(17)23-20/h5-7H,1-4,8-10H2,(H,21,24)(H,22,23,25). The molecule has 2 N–H and O–H groups in total. The van der Waals surface area contributed by atoms with Gasteiger partial charge in [-0.1, -0.05) is 17.8 Å². The number of nitrogens with zero attached hydrogens (tertiary/aromatic N) is 1. The number of ether oxygens (including phenoxy) is 2. The Bertz CT molecular complexity index is 1150. The van der Waals surface area contributed by atoms with Gasteiger partial charge >= 0.3 is 0 Å².